The zero-order valence-electron chi connectivity index (χ0n) is 20.5. The van der Waals surface area contributed by atoms with E-state index in [4.69, 9.17) is 0 Å². The van der Waals surface area contributed by atoms with Gasteiger partial charge >= 0.3 is 0 Å². The van der Waals surface area contributed by atoms with Gasteiger partial charge in [-0.1, -0.05) is 109 Å². The van der Waals surface area contributed by atoms with Gasteiger partial charge in [-0.3, -0.25) is 0 Å². The minimum Gasteiger partial charge on any atom is -0.0620 e. The third-order valence-corrected chi connectivity index (χ3v) is 7.72. The minimum absolute atomic E-state index is 1.28. The van der Waals surface area contributed by atoms with E-state index in [0.717, 1.165) is 0 Å². The van der Waals surface area contributed by atoms with Crippen molar-refractivity contribution in [3.63, 3.8) is 0 Å². The summed E-state index contributed by atoms with van der Waals surface area (Å²) in [7, 11) is 0. The van der Waals surface area contributed by atoms with Crippen molar-refractivity contribution < 1.29 is 0 Å². The van der Waals surface area contributed by atoms with Crippen LogP contribution in [-0.2, 0) is 0 Å². The highest BCUT2D eigenvalue weighted by Gasteiger charge is 2.19. The molecule has 0 aliphatic rings. The molecule has 0 fully saturated rings. The molecule has 0 radical (unpaired) electrons. The first-order valence-corrected chi connectivity index (χ1v) is 12.6. The maximum Gasteiger partial charge on any atom is -0.00235 e. The van der Waals surface area contributed by atoms with Crippen molar-refractivity contribution in [3.05, 3.63) is 132 Å². The van der Waals surface area contributed by atoms with Gasteiger partial charge < -0.3 is 0 Å². The van der Waals surface area contributed by atoms with E-state index in [1.54, 1.807) is 0 Å². The molecule has 0 amide bonds. The predicted octanol–water partition coefficient (Wildman–Crippen LogP) is 10.3. The fourth-order valence-corrected chi connectivity index (χ4v) is 5.96. The lowest BCUT2D eigenvalue weighted by Crippen LogP contribution is -1.94. The maximum absolute atomic E-state index is 2.45. The Morgan fingerprint density at radius 3 is 1.42 bits per heavy atom. The molecule has 0 saturated heterocycles. The number of hydrogen-bond acceptors (Lipinski definition) is 0. The summed E-state index contributed by atoms with van der Waals surface area (Å²) in [5, 5.41) is 10.4. The highest BCUT2D eigenvalue weighted by atomic mass is 14.2. The first kappa shape index (κ1) is 20.9. The zero-order chi connectivity index (χ0) is 24.2. The summed E-state index contributed by atoms with van der Waals surface area (Å²) in [6, 6.07) is 44.6. The molecule has 0 bridgehead atoms. The third-order valence-electron chi connectivity index (χ3n) is 7.72. The Morgan fingerprint density at radius 1 is 0.333 bits per heavy atom. The molecular formula is C36H26. The van der Waals surface area contributed by atoms with Gasteiger partial charge in [-0.15, -0.1) is 0 Å². The summed E-state index contributed by atoms with van der Waals surface area (Å²) in [5.74, 6) is 0. The summed E-state index contributed by atoms with van der Waals surface area (Å²) in [6.07, 6.45) is 0. The van der Waals surface area contributed by atoms with Crippen molar-refractivity contribution in [2.45, 2.75) is 13.8 Å². The Morgan fingerprint density at radius 2 is 0.806 bits per heavy atom. The van der Waals surface area contributed by atoms with Gasteiger partial charge in [-0.2, -0.15) is 0 Å². The molecule has 0 aliphatic carbocycles. The van der Waals surface area contributed by atoms with Crippen LogP contribution in [0.2, 0.25) is 0 Å². The second kappa shape index (κ2) is 8.07. The monoisotopic (exact) mass is 458 g/mol. The fraction of sp³-hybridized carbons (Fsp3) is 0.0556. The van der Waals surface area contributed by atoms with Gasteiger partial charge in [0.25, 0.3) is 0 Å². The van der Waals surface area contributed by atoms with E-state index < -0.39 is 0 Å². The van der Waals surface area contributed by atoms with E-state index in [-0.39, 0.29) is 0 Å². The summed E-state index contributed by atoms with van der Waals surface area (Å²) < 4.78 is 0. The van der Waals surface area contributed by atoms with E-state index in [1.165, 1.54) is 76.5 Å². The summed E-state index contributed by atoms with van der Waals surface area (Å²) in [4.78, 5) is 0. The smallest absolute Gasteiger partial charge is 0.00235 e. The van der Waals surface area contributed by atoms with Gasteiger partial charge in [0.1, 0.15) is 0 Å². The Bertz CT molecular complexity index is 1960. The summed E-state index contributed by atoms with van der Waals surface area (Å²) in [5.41, 5.74) is 7.85. The summed E-state index contributed by atoms with van der Waals surface area (Å²) >= 11 is 0. The molecule has 170 valence electrons. The van der Waals surface area contributed by atoms with E-state index in [0.29, 0.717) is 0 Å². The molecule has 0 heterocycles. The van der Waals surface area contributed by atoms with Crippen LogP contribution in [0.15, 0.2) is 121 Å². The molecule has 0 N–H and O–H groups in total. The average Bonchev–Trinajstić information content (AvgIpc) is 2.92. The number of benzene rings is 7. The van der Waals surface area contributed by atoms with Gasteiger partial charge in [0.15, 0.2) is 0 Å². The fourth-order valence-electron chi connectivity index (χ4n) is 5.96. The molecule has 0 heteroatoms. The van der Waals surface area contributed by atoms with Crippen molar-refractivity contribution in [3.8, 4) is 22.3 Å². The normalized spacial score (nSPS) is 11.6. The SMILES string of the molecule is Cc1ccccc1-c1c2ccccc2c(-c2ccccc2C)c2cc3c(ccc4ccccc43)cc12. The highest BCUT2D eigenvalue weighted by molar-refractivity contribution is 6.25. The van der Waals surface area contributed by atoms with Crippen LogP contribution in [0.25, 0.3) is 65.3 Å². The van der Waals surface area contributed by atoms with E-state index in [9.17, 15) is 0 Å². The minimum atomic E-state index is 1.28. The van der Waals surface area contributed by atoms with Gasteiger partial charge in [0.2, 0.25) is 0 Å². The maximum atomic E-state index is 2.45. The van der Waals surface area contributed by atoms with Crippen molar-refractivity contribution in [2.24, 2.45) is 0 Å². The molecule has 0 nitrogen and oxygen atoms in total. The first-order valence-electron chi connectivity index (χ1n) is 12.6. The quantitative estimate of drug-likeness (QED) is 0.178. The molecule has 7 rings (SSSR count). The van der Waals surface area contributed by atoms with E-state index in [1.807, 2.05) is 0 Å². The largest absolute Gasteiger partial charge is 0.0620 e. The number of aryl methyl sites for hydroxylation is 2. The second-order valence-electron chi connectivity index (χ2n) is 9.83. The molecular weight excluding hydrogens is 432 g/mol. The molecule has 0 unspecified atom stereocenters. The predicted molar refractivity (Wildman–Crippen MR) is 157 cm³/mol. The Balaban J connectivity index is 1.78. The van der Waals surface area contributed by atoms with Gasteiger partial charge in [-0.05, 0) is 102 Å². The van der Waals surface area contributed by atoms with Crippen LogP contribution in [-0.4, -0.2) is 0 Å². The van der Waals surface area contributed by atoms with Gasteiger partial charge in [0.05, 0.1) is 0 Å². The number of rotatable bonds is 2. The van der Waals surface area contributed by atoms with Crippen LogP contribution < -0.4 is 0 Å². The van der Waals surface area contributed by atoms with Crippen molar-refractivity contribution in [1.82, 2.24) is 0 Å². The Kier molecular flexibility index (Phi) is 4.69. The number of hydrogen-bond donors (Lipinski definition) is 0. The topological polar surface area (TPSA) is 0 Å². The van der Waals surface area contributed by atoms with Crippen LogP contribution in [0.4, 0.5) is 0 Å². The molecule has 0 spiro atoms. The Labute approximate surface area is 211 Å². The van der Waals surface area contributed by atoms with Gasteiger partial charge in [-0.25, -0.2) is 0 Å². The summed E-state index contributed by atoms with van der Waals surface area (Å²) in [6.45, 7) is 4.45. The average molecular weight is 459 g/mol. The lowest BCUT2D eigenvalue weighted by Gasteiger charge is -2.20. The standard InChI is InChI=1S/C36H26/c1-23-11-3-6-14-27(23)35-30-17-9-10-18-31(30)36(28-15-7-4-12-24(28)2)34-22-32-26(21-33(34)35)20-19-25-13-5-8-16-29(25)32/h3-22H,1-2H3. The third kappa shape index (κ3) is 3.08. The van der Waals surface area contributed by atoms with Crippen LogP contribution >= 0.6 is 0 Å². The molecule has 0 saturated carbocycles. The Hall–Kier alpha value is -4.42. The molecule has 7 aromatic rings. The molecule has 36 heavy (non-hydrogen) atoms. The molecule has 0 aromatic heterocycles. The second-order valence-corrected chi connectivity index (χ2v) is 9.83. The first-order chi connectivity index (χ1) is 17.7. The van der Waals surface area contributed by atoms with Crippen LogP contribution in [0.3, 0.4) is 0 Å². The van der Waals surface area contributed by atoms with Crippen molar-refractivity contribution in [2.75, 3.05) is 0 Å². The zero-order valence-corrected chi connectivity index (χ0v) is 20.5. The van der Waals surface area contributed by atoms with Crippen LogP contribution in [0.5, 0.6) is 0 Å². The molecule has 0 atom stereocenters. The molecule has 0 aliphatic heterocycles. The van der Waals surface area contributed by atoms with Crippen molar-refractivity contribution in [1.29, 1.82) is 0 Å². The van der Waals surface area contributed by atoms with Gasteiger partial charge in [0, 0.05) is 0 Å². The van der Waals surface area contributed by atoms with Crippen molar-refractivity contribution >= 4 is 43.1 Å². The van der Waals surface area contributed by atoms with Crippen LogP contribution in [0, 0.1) is 13.8 Å². The lowest BCUT2D eigenvalue weighted by atomic mass is 9.83. The number of fused-ring (bicyclic) bond motifs is 5. The highest BCUT2D eigenvalue weighted by Crippen LogP contribution is 2.46. The van der Waals surface area contributed by atoms with E-state index >= 15 is 0 Å². The van der Waals surface area contributed by atoms with E-state index in [2.05, 4.69) is 135 Å². The lowest BCUT2D eigenvalue weighted by molar-refractivity contribution is 1.47. The molecule has 7 aromatic carbocycles. The van der Waals surface area contributed by atoms with Crippen LogP contribution in [0.1, 0.15) is 11.1 Å².